The Bertz CT molecular complexity index is 690. The molecule has 2 aromatic rings. The smallest absolute Gasteiger partial charge is 0.360 e. The molecule has 0 aliphatic carbocycles. The zero-order chi connectivity index (χ0) is 15.7. The van der Waals surface area contributed by atoms with Crippen LogP contribution in [0.5, 0.6) is 0 Å². The molecular formula is C13H12Br3N3O2. The van der Waals surface area contributed by atoms with Crippen molar-refractivity contribution in [2.45, 2.75) is 13.3 Å². The number of methoxy groups -OCH3 is 1. The molecule has 1 aromatic heterocycles. The number of ether oxygens (including phenoxy) is 1. The van der Waals surface area contributed by atoms with E-state index in [1.165, 1.54) is 7.11 Å². The highest BCUT2D eigenvalue weighted by molar-refractivity contribution is 9.11. The van der Waals surface area contributed by atoms with Gasteiger partial charge in [0, 0.05) is 19.8 Å². The number of hydrogen-bond donors (Lipinski definition) is 1. The summed E-state index contributed by atoms with van der Waals surface area (Å²) in [6, 6.07) is 3.80. The van der Waals surface area contributed by atoms with Crippen molar-refractivity contribution in [1.29, 1.82) is 0 Å². The maximum absolute atomic E-state index is 11.8. The van der Waals surface area contributed by atoms with E-state index in [-0.39, 0.29) is 11.5 Å². The Labute approximate surface area is 147 Å². The summed E-state index contributed by atoms with van der Waals surface area (Å²) in [6.45, 7) is 1.94. The first-order valence-corrected chi connectivity index (χ1v) is 8.38. The van der Waals surface area contributed by atoms with E-state index in [1.807, 2.05) is 19.1 Å². The molecule has 0 aliphatic heterocycles. The molecule has 0 atom stereocenters. The second-order valence-corrected chi connectivity index (χ2v) is 6.78. The molecule has 1 aromatic carbocycles. The highest BCUT2D eigenvalue weighted by Gasteiger charge is 2.23. The van der Waals surface area contributed by atoms with Gasteiger partial charge in [0.05, 0.1) is 12.8 Å². The Hall–Kier alpha value is -0.860. The van der Waals surface area contributed by atoms with E-state index in [2.05, 4.69) is 52.8 Å². The average Bonchev–Trinajstić information content (AvgIpc) is 2.74. The molecular weight excluding hydrogens is 470 g/mol. The molecule has 8 heteroatoms. The number of nitrogens with two attached hydrogens (primary N) is 1. The third-order valence-electron chi connectivity index (χ3n) is 2.88. The Morgan fingerprint density at radius 1 is 1.33 bits per heavy atom. The standard InChI is InChI=1S/C13H12Br3N3O2/c1-3-9-18-10(13(20)21-2)12(17)19(9)11-7(15)4-6(14)5-8(11)16/h4-5H,3,17H2,1-2H3. The van der Waals surface area contributed by atoms with Crippen LogP contribution in [0.15, 0.2) is 25.6 Å². The van der Waals surface area contributed by atoms with E-state index < -0.39 is 5.97 Å². The van der Waals surface area contributed by atoms with Gasteiger partial charge in [0.15, 0.2) is 5.69 Å². The van der Waals surface area contributed by atoms with Crippen molar-refractivity contribution >= 4 is 59.6 Å². The number of carbonyl (C=O) groups is 1. The van der Waals surface area contributed by atoms with Gasteiger partial charge in [-0.2, -0.15) is 0 Å². The number of hydrogen-bond acceptors (Lipinski definition) is 4. The molecule has 0 aliphatic rings. The number of nitrogens with zero attached hydrogens (tertiary/aromatic N) is 2. The number of carbonyl (C=O) groups excluding carboxylic acids is 1. The van der Waals surface area contributed by atoms with Crippen molar-refractivity contribution in [2.24, 2.45) is 0 Å². The Kier molecular flexibility index (Phi) is 5.11. The summed E-state index contributed by atoms with van der Waals surface area (Å²) < 4.78 is 9.01. The number of rotatable bonds is 3. The first-order chi connectivity index (χ1) is 9.90. The lowest BCUT2D eigenvalue weighted by molar-refractivity contribution is 0.0596. The predicted molar refractivity (Wildman–Crippen MR) is 91.8 cm³/mol. The van der Waals surface area contributed by atoms with Gasteiger partial charge in [-0.15, -0.1) is 0 Å². The highest BCUT2D eigenvalue weighted by Crippen LogP contribution is 2.36. The quantitative estimate of drug-likeness (QED) is 0.670. The second kappa shape index (κ2) is 6.50. The number of aromatic nitrogens is 2. The molecule has 21 heavy (non-hydrogen) atoms. The summed E-state index contributed by atoms with van der Waals surface area (Å²) in [6.07, 6.45) is 0.621. The molecule has 0 radical (unpaired) electrons. The van der Waals surface area contributed by atoms with E-state index >= 15 is 0 Å². The van der Waals surface area contributed by atoms with Crippen molar-refractivity contribution in [3.05, 3.63) is 37.1 Å². The predicted octanol–water partition coefficient (Wildman–Crippen LogP) is 4.09. The summed E-state index contributed by atoms with van der Waals surface area (Å²) in [4.78, 5) is 16.1. The zero-order valence-electron chi connectivity index (χ0n) is 11.3. The molecule has 0 unspecified atom stereocenters. The number of aryl methyl sites for hydroxylation is 1. The Balaban J connectivity index is 2.75. The van der Waals surface area contributed by atoms with Crippen LogP contribution in [0.1, 0.15) is 23.2 Å². The van der Waals surface area contributed by atoms with E-state index in [0.29, 0.717) is 12.2 Å². The van der Waals surface area contributed by atoms with Gasteiger partial charge >= 0.3 is 5.97 Å². The molecule has 0 bridgehead atoms. The lowest BCUT2D eigenvalue weighted by Gasteiger charge is -2.13. The topological polar surface area (TPSA) is 70.1 Å². The number of anilines is 1. The number of halogens is 3. The number of nitrogen functional groups attached to an aromatic ring is 1. The van der Waals surface area contributed by atoms with Gasteiger partial charge < -0.3 is 10.5 Å². The maximum atomic E-state index is 11.8. The normalized spacial score (nSPS) is 10.7. The summed E-state index contributed by atoms with van der Waals surface area (Å²) in [7, 11) is 1.30. The van der Waals surface area contributed by atoms with E-state index in [4.69, 9.17) is 10.5 Å². The fourth-order valence-electron chi connectivity index (χ4n) is 1.96. The molecule has 0 saturated heterocycles. The van der Waals surface area contributed by atoms with E-state index in [9.17, 15) is 4.79 Å². The number of imidazole rings is 1. The van der Waals surface area contributed by atoms with E-state index in [1.54, 1.807) is 4.57 Å². The van der Waals surface area contributed by atoms with Crippen molar-refractivity contribution in [3.63, 3.8) is 0 Å². The van der Waals surface area contributed by atoms with Crippen molar-refractivity contribution in [2.75, 3.05) is 12.8 Å². The van der Waals surface area contributed by atoms with Crippen LogP contribution >= 0.6 is 47.8 Å². The van der Waals surface area contributed by atoms with Gasteiger partial charge in [0.2, 0.25) is 0 Å². The van der Waals surface area contributed by atoms with Gasteiger partial charge in [-0.3, -0.25) is 4.57 Å². The molecule has 0 saturated carbocycles. The zero-order valence-corrected chi connectivity index (χ0v) is 16.0. The molecule has 2 rings (SSSR count). The summed E-state index contributed by atoms with van der Waals surface area (Å²) in [5.41, 5.74) is 7.02. The maximum Gasteiger partial charge on any atom is 0.360 e. The first kappa shape index (κ1) is 16.5. The molecule has 0 spiro atoms. The van der Waals surface area contributed by atoms with Gasteiger partial charge in [-0.1, -0.05) is 22.9 Å². The van der Waals surface area contributed by atoms with Gasteiger partial charge in [0.25, 0.3) is 0 Å². The molecule has 112 valence electrons. The van der Waals surface area contributed by atoms with E-state index in [0.717, 1.165) is 19.1 Å². The van der Waals surface area contributed by atoms with Crippen LogP contribution < -0.4 is 5.73 Å². The van der Waals surface area contributed by atoms with Crippen LogP contribution in [0.4, 0.5) is 5.82 Å². The van der Waals surface area contributed by atoms with Gasteiger partial charge in [-0.05, 0) is 44.0 Å². The lowest BCUT2D eigenvalue weighted by Crippen LogP contribution is -2.09. The minimum absolute atomic E-state index is 0.121. The minimum Gasteiger partial charge on any atom is -0.464 e. The monoisotopic (exact) mass is 479 g/mol. The van der Waals surface area contributed by atoms with Crippen molar-refractivity contribution in [3.8, 4) is 5.69 Å². The Morgan fingerprint density at radius 3 is 2.38 bits per heavy atom. The van der Waals surface area contributed by atoms with Crippen molar-refractivity contribution < 1.29 is 9.53 Å². The Morgan fingerprint density at radius 2 is 1.90 bits per heavy atom. The van der Waals surface area contributed by atoms with Gasteiger partial charge in [0.1, 0.15) is 11.6 Å². The summed E-state index contributed by atoms with van der Waals surface area (Å²) in [5, 5.41) is 0. The van der Waals surface area contributed by atoms with Crippen LogP contribution in [-0.4, -0.2) is 22.6 Å². The third kappa shape index (κ3) is 3.02. The fraction of sp³-hybridized carbons (Fsp3) is 0.231. The summed E-state index contributed by atoms with van der Waals surface area (Å²) in [5.74, 6) is 0.379. The van der Waals surface area contributed by atoms with Crippen LogP contribution in [-0.2, 0) is 11.2 Å². The first-order valence-electron chi connectivity index (χ1n) is 6.01. The number of benzene rings is 1. The molecule has 2 N–H and O–H groups in total. The van der Waals surface area contributed by atoms with Crippen molar-refractivity contribution in [1.82, 2.24) is 9.55 Å². The average molecular weight is 482 g/mol. The minimum atomic E-state index is -0.551. The lowest BCUT2D eigenvalue weighted by atomic mass is 10.3. The third-order valence-corrected chi connectivity index (χ3v) is 4.55. The van der Waals surface area contributed by atoms with Gasteiger partial charge in [-0.25, -0.2) is 9.78 Å². The van der Waals surface area contributed by atoms with Crippen LogP contribution in [0.25, 0.3) is 5.69 Å². The summed E-state index contributed by atoms with van der Waals surface area (Å²) >= 11 is 10.5. The fourth-order valence-corrected chi connectivity index (χ4v) is 4.58. The molecule has 1 heterocycles. The molecule has 0 fully saturated rings. The second-order valence-electron chi connectivity index (χ2n) is 4.16. The number of esters is 1. The highest BCUT2D eigenvalue weighted by atomic mass is 79.9. The van der Waals surface area contributed by atoms with Crippen LogP contribution in [0.2, 0.25) is 0 Å². The molecule has 0 amide bonds. The largest absolute Gasteiger partial charge is 0.464 e. The van der Waals surface area contributed by atoms with Crippen LogP contribution in [0.3, 0.4) is 0 Å². The van der Waals surface area contributed by atoms with Crippen LogP contribution in [0, 0.1) is 0 Å². The SMILES string of the molecule is CCc1nc(C(=O)OC)c(N)n1-c1c(Br)cc(Br)cc1Br. The molecule has 5 nitrogen and oxygen atoms in total.